The molecule has 4 heterocycles. The number of amides is 1. The average Bonchev–Trinajstić information content (AvgIpc) is 3.42. The number of phenolic OH excluding ortho intramolecular Hbond substituents is 1. The van der Waals surface area contributed by atoms with Crippen LogP contribution in [0.25, 0.3) is 33.1 Å². The average molecular weight is 564 g/mol. The van der Waals surface area contributed by atoms with Gasteiger partial charge in [0.05, 0.1) is 29.6 Å². The molecule has 2 aliphatic rings. The third-order valence-corrected chi connectivity index (χ3v) is 8.28. The van der Waals surface area contributed by atoms with E-state index in [1.54, 1.807) is 17.0 Å². The van der Waals surface area contributed by atoms with Gasteiger partial charge in [-0.25, -0.2) is 4.98 Å². The number of nitriles is 1. The number of pyridine rings is 1. The number of likely N-dealkylation sites (N-methyl/N-ethyl adjacent to an activating group) is 1. The maximum absolute atomic E-state index is 12.5. The van der Waals surface area contributed by atoms with Crippen molar-refractivity contribution in [3.05, 3.63) is 61.2 Å². The molecule has 2 fully saturated rings. The van der Waals surface area contributed by atoms with Crippen LogP contribution in [0.2, 0.25) is 0 Å². The Morgan fingerprint density at radius 2 is 1.98 bits per heavy atom. The Hall–Kier alpha value is -4.75. The van der Waals surface area contributed by atoms with E-state index >= 15 is 0 Å². The first kappa shape index (κ1) is 27.4. The van der Waals surface area contributed by atoms with Gasteiger partial charge in [0.25, 0.3) is 0 Å². The first-order chi connectivity index (χ1) is 20.4. The van der Waals surface area contributed by atoms with Crippen molar-refractivity contribution in [2.45, 2.75) is 31.3 Å². The first-order valence-electron chi connectivity index (χ1n) is 14.2. The van der Waals surface area contributed by atoms with Crippen molar-refractivity contribution in [1.82, 2.24) is 24.8 Å². The molecule has 10 nitrogen and oxygen atoms in total. The van der Waals surface area contributed by atoms with E-state index < -0.39 is 0 Å². The topological polar surface area (TPSA) is 119 Å². The molecule has 1 N–H and O–H groups in total. The molecule has 1 amide bonds. The number of aromatic nitrogens is 3. The van der Waals surface area contributed by atoms with Crippen molar-refractivity contribution >= 4 is 33.5 Å². The summed E-state index contributed by atoms with van der Waals surface area (Å²) in [5, 5.41) is 22.6. The van der Waals surface area contributed by atoms with Gasteiger partial charge in [0.15, 0.2) is 5.65 Å². The number of fused-ring (bicyclic) bond motifs is 2. The van der Waals surface area contributed by atoms with Crippen molar-refractivity contribution in [2.75, 3.05) is 44.7 Å². The SMILES string of the molecule is C=CC(=O)N1CCN(c2nc(OC[C@@H]3CCCN3C)nc3nc(-c4cc(O)cc5ccccc45)ccc23)C[C@@H]1CC#N. The summed E-state index contributed by atoms with van der Waals surface area (Å²) in [6, 6.07) is 17.6. The number of hydrogen-bond donors (Lipinski definition) is 1. The van der Waals surface area contributed by atoms with Crippen LogP contribution in [0, 0.1) is 11.3 Å². The molecule has 0 unspecified atom stereocenters. The summed E-state index contributed by atoms with van der Waals surface area (Å²) in [4.78, 5) is 33.1. The summed E-state index contributed by atoms with van der Waals surface area (Å²) in [7, 11) is 2.10. The Kier molecular flexibility index (Phi) is 7.59. The van der Waals surface area contributed by atoms with Gasteiger partial charge in [0.2, 0.25) is 5.91 Å². The third kappa shape index (κ3) is 5.31. The standard InChI is InChI=1S/C32H33N7O3/c1-3-29(41)39-16-15-38(19-22(39)12-13-33)31-26-10-11-28(27-18-24(40)17-21-7-4-5-9-25(21)27)34-30(26)35-32(36-31)42-20-23-8-6-14-37(23)2/h3-5,7,9-11,17-18,22-23,40H,1,6,8,12,14-16,19-20H2,2H3/t22-,23-/m0/s1. The van der Waals surface area contributed by atoms with E-state index in [4.69, 9.17) is 19.7 Å². The van der Waals surface area contributed by atoms with Crippen molar-refractivity contribution < 1.29 is 14.6 Å². The normalized spacial score (nSPS) is 19.2. The second kappa shape index (κ2) is 11.6. The number of carbonyl (C=O) groups is 1. The molecule has 6 rings (SSSR count). The molecule has 42 heavy (non-hydrogen) atoms. The highest BCUT2D eigenvalue weighted by Gasteiger charge is 2.31. The number of ether oxygens (including phenoxy) is 1. The lowest BCUT2D eigenvalue weighted by atomic mass is 10.0. The van der Waals surface area contributed by atoms with Gasteiger partial charge in [0, 0.05) is 31.2 Å². The van der Waals surface area contributed by atoms with Gasteiger partial charge in [-0.2, -0.15) is 15.2 Å². The second-order valence-corrected chi connectivity index (χ2v) is 10.9. The Bertz CT molecular complexity index is 1700. The number of carbonyl (C=O) groups excluding carboxylic acids is 1. The number of aromatic hydroxyl groups is 1. The lowest BCUT2D eigenvalue weighted by molar-refractivity contribution is -0.128. The number of piperazine rings is 1. The van der Waals surface area contributed by atoms with Gasteiger partial charge < -0.3 is 24.5 Å². The van der Waals surface area contributed by atoms with Crippen molar-refractivity contribution in [2.24, 2.45) is 0 Å². The van der Waals surface area contributed by atoms with E-state index in [0.717, 1.165) is 41.1 Å². The van der Waals surface area contributed by atoms with Crippen LogP contribution in [0.3, 0.4) is 0 Å². The summed E-state index contributed by atoms with van der Waals surface area (Å²) in [6.07, 6.45) is 3.68. The van der Waals surface area contributed by atoms with Gasteiger partial charge in [-0.15, -0.1) is 0 Å². The summed E-state index contributed by atoms with van der Waals surface area (Å²) in [5.41, 5.74) is 1.94. The molecule has 0 bridgehead atoms. The summed E-state index contributed by atoms with van der Waals surface area (Å²) >= 11 is 0. The highest BCUT2D eigenvalue weighted by molar-refractivity contribution is 5.98. The van der Waals surface area contributed by atoms with E-state index in [-0.39, 0.29) is 30.1 Å². The number of rotatable bonds is 7. The monoisotopic (exact) mass is 563 g/mol. The van der Waals surface area contributed by atoms with Gasteiger partial charge >= 0.3 is 6.01 Å². The minimum Gasteiger partial charge on any atom is -0.508 e. The fourth-order valence-corrected chi connectivity index (χ4v) is 6.03. The molecular formula is C32H33N7O3. The lowest BCUT2D eigenvalue weighted by Gasteiger charge is -2.41. The molecule has 2 aromatic carbocycles. The molecule has 10 heteroatoms. The predicted octanol–water partition coefficient (Wildman–Crippen LogP) is 4.14. The second-order valence-electron chi connectivity index (χ2n) is 10.9. The summed E-state index contributed by atoms with van der Waals surface area (Å²) in [6.45, 7) is 6.53. The molecule has 4 aromatic rings. The number of likely N-dealkylation sites (tertiary alicyclic amines) is 1. The largest absolute Gasteiger partial charge is 0.508 e. The Balaban J connectivity index is 1.42. The Morgan fingerprint density at radius 1 is 1.12 bits per heavy atom. The smallest absolute Gasteiger partial charge is 0.320 e. The Labute approximate surface area is 244 Å². The first-order valence-corrected chi connectivity index (χ1v) is 14.2. The van der Waals surface area contributed by atoms with E-state index in [1.165, 1.54) is 6.08 Å². The zero-order valence-electron chi connectivity index (χ0n) is 23.6. The van der Waals surface area contributed by atoms with E-state index in [9.17, 15) is 15.2 Å². The zero-order chi connectivity index (χ0) is 29.2. The van der Waals surface area contributed by atoms with E-state index in [1.807, 2.05) is 36.4 Å². The van der Waals surface area contributed by atoms with E-state index in [0.29, 0.717) is 49.4 Å². The van der Waals surface area contributed by atoms with Crippen molar-refractivity contribution in [3.63, 3.8) is 0 Å². The third-order valence-electron chi connectivity index (χ3n) is 8.28. The van der Waals surface area contributed by atoms with Gasteiger partial charge in [0.1, 0.15) is 18.2 Å². The number of hydrogen-bond acceptors (Lipinski definition) is 9. The highest BCUT2D eigenvalue weighted by atomic mass is 16.5. The fourth-order valence-electron chi connectivity index (χ4n) is 6.03. The molecule has 0 saturated carbocycles. The van der Waals surface area contributed by atoms with Gasteiger partial charge in [-0.05, 0) is 67.5 Å². The van der Waals surface area contributed by atoms with Gasteiger partial charge in [-0.3, -0.25) is 4.79 Å². The van der Waals surface area contributed by atoms with Crippen LogP contribution in [0.15, 0.2) is 61.2 Å². The zero-order valence-corrected chi connectivity index (χ0v) is 23.6. The van der Waals surface area contributed by atoms with Crippen LogP contribution in [-0.4, -0.2) is 87.7 Å². The molecular weight excluding hydrogens is 530 g/mol. The van der Waals surface area contributed by atoms with Crippen molar-refractivity contribution in [3.8, 4) is 29.1 Å². The number of anilines is 1. The van der Waals surface area contributed by atoms with Crippen LogP contribution >= 0.6 is 0 Å². The summed E-state index contributed by atoms with van der Waals surface area (Å²) in [5.74, 6) is 0.634. The van der Waals surface area contributed by atoms with Crippen molar-refractivity contribution in [1.29, 1.82) is 5.26 Å². The summed E-state index contributed by atoms with van der Waals surface area (Å²) < 4.78 is 6.19. The molecule has 0 spiro atoms. The molecule has 214 valence electrons. The molecule has 0 radical (unpaired) electrons. The molecule has 2 aromatic heterocycles. The predicted molar refractivity (Wildman–Crippen MR) is 161 cm³/mol. The van der Waals surface area contributed by atoms with Crippen LogP contribution in [0.4, 0.5) is 5.82 Å². The number of nitrogens with zero attached hydrogens (tertiary/aromatic N) is 7. The number of benzene rings is 2. The highest BCUT2D eigenvalue weighted by Crippen LogP contribution is 2.34. The fraction of sp³-hybridized carbons (Fsp3) is 0.344. The van der Waals surface area contributed by atoms with Crippen LogP contribution < -0.4 is 9.64 Å². The quantitative estimate of drug-likeness (QED) is 0.331. The molecule has 2 aliphatic heterocycles. The minimum atomic E-state index is -0.304. The minimum absolute atomic E-state index is 0.161. The van der Waals surface area contributed by atoms with Crippen LogP contribution in [0.1, 0.15) is 19.3 Å². The Morgan fingerprint density at radius 3 is 2.76 bits per heavy atom. The molecule has 0 aliphatic carbocycles. The lowest BCUT2D eigenvalue weighted by Crippen LogP contribution is -2.55. The van der Waals surface area contributed by atoms with Crippen LogP contribution in [-0.2, 0) is 4.79 Å². The van der Waals surface area contributed by atoms with E-state index in [2.05, 4.69) is 29.5 Å². The maximum atomic E-state index is 12.5. The van der Waals surface area contributed by atoms with Gasteiger partial charge in [-0.1, -0.05) is 30.8 Å². The molecule has 2 atom stereocenters. The van der Waals surface area contributed by atoms with Crippen LogP contribution in [0.5, 0.6) is 11.8 Å². The number of phenols is 1. The maximum Gasteiger partial charge on any atom is 0.320 e. The molecule has 2 saturated heterocycles.